The van der Waals surface area contributed by atoms with Crippen LogP contribution in [0, 0.1) is 5.21 Å². The highest BCUT2D eigenvalue weighted by molar-refractivity contribution is 5.68. The molecule has 0 unspecified atom stereocenters. The second-order valence-corrected chi connectivity index (χ2v) is 3.83. The molecule has 17 heavy (non-hydrogen) atoms. The van der Waals surface area contributed by atoms with Crippen LogP contribution in [-0.4, -0.2) is 0 Å². The molecule has 0 radical (unpaired) electrons. The van der Waals surface area contributed by atoms with Crippen LogP contribution in [0.25, 0.3) is 11.1 Å². The molecule has 0 saturated heterocycles. The normalized spacial score (nSPS) is 10.5. The number of nitrogens with one attached hydrogen (secondary N) is 1. The van der Waals surface area contributed by atoms with Crippen LogP contribution in [0.5, 0.6) is 0 Å². The van der Waals surface area contributed by atoms with Gasteiger partial charge in [-0.25, -0.2) is 0 Å². The highest BCUT2D eigenvalue weighted by Crippen LogP contribution is 2.26. The lowest BCUT2D eigenvalue weighted by molar-refractivity contribution is 0.855. The summed E-state index contributed by atoms with van der Waals surface area (Å²) in [6.07, 6.45) is 0. The second kappa shape index (κ2) is 5.59. The Bertz CT molecular complexity index is 483. The van der Waals surface area contributed by atoms with Crippen LogP contribution in [-0.2, 0) is 13.1 Å². The molecule has 2 rings (SSSR count). The molecule has 3 nitrogen and oxygen atoms in total. The molecule has 0 aliphatic heterocycles. The zero-order chi connectivity index (χ0) is 12.1. The largest absolute Gasteiger partial charge is 0.788 e. The van der Waals surface area contributed by atoms with E-state index < -0.39 is 0 Å². The lowest BCUT2D eigenvalue weighted by Crippen LogP contribution is -2.10. The van der Waals surface area contributed by atoms with E-state index in [9.17, 15) is 5.21 Å². The first-order chi connectivity index (χ1) is 8.36. The number of benzene rings is 2. The molecule has 0 aromatic heterocycles. The molecule has 0 fully saturated rings. The van der Waals surface area contributed by atoms with Crippen molar-refractivity contribution in [1.82, 2.24) is 5.48 Å². The third-order valence-electron chi connectivity index (χ3n) is 2.83. The van der Waals surface area contributed by atoms with Gasteiger partial charge in [-0.3, -0.25) is 0 Å². The van der Waals surface area contributed by atoms with Gasteiger partial charge in [-0.05, 0) is 22.3 Å². The standard InChI is InChI=1S/C14H15N2O/c15-9-12-7-4-8-13(14(12)10-16-17)11-5-2-1-3-6-11/h1-8,16H,9-10,15H2/q-1. The number of hydroxylamine groups is 1. The second-order valence-electron chi connectivity index (χ2n) is 3.83. The van der Waals surface area contributed by atoms with Gasteiger partial charge in [0.25, 0.3) is 0 Å². The van der Waals surface area contributed by atoms with E-state index in [2.05, 4.69) is 0 Å². The molecule has 3 heteroatoms. The summed E-state index contributed by atoms with van der Waals surface area (Å²) in [5.41, 5.74) is 11.8. The van der Waals surface area contributed by atoms with E-state index in [1.165, 1.54) is 0 Å². The summed E-state index contributed by atoms with van der Waals surface area (Å²) in [4.78, 5) is 0. The van der Waals surface area contributed by atoms with E-state index in [4.69, 9.17) is 5.73 Å². The van der Waals surface area contributed by atoms with Gasteiger partial charge in [0.15, 0.2) is 0 Å². The maximum absolute atomic E-state index is 10.7. The predicted octanol–water partition coefficient (Wildman–Crippen LogP) is 2.40. The monoisotopic (exact) mass is 227 g/mol. The van der Waals surface area contributed by atoms with Crippen molar-refractivity contribution < 1.29 is 0 Å². The SMILES string of the molecule is NCc1cccc(-c2ccccc2)c1CN[O-]. The average molecular weight is 227 g/mol. The van der Waals surface area contributed by atoms with Gasteiger partial charge in [-0.2, -0.15) is 0 Å². The Labute approximate surface area is 101 Å². The molecule has 2 aromatic rings. The zero-order valence-corrected chi connectivity index (χ0v) is 9.52. The third-order valence-corrected chi connectivity index (χ3v) is 2.83. The van der Waals surface area contributed by atoms with E-state index in [-0.39, 0.29) is 6.54 Å². The minimum atomic E-state index is 0.289. The molecule has 0 aliphatic rings. The summed E-state index contributed by atoms with van der Waals surface area (Å²) in [5.74, 6) is 0. The smallest absolute Gasteiger partial charge is 0.0181 e. The zero-order valence-electron chi connectivity index (χ0n) is 9.52. The molecule has 0 atom stereocenters. The topological polar surface area (TPSA) is 61.1 Å². The molecule has 0 heterocycles. The van der Waals surface area contributed by atoms with Crippen molar-refractivity contribution in [2.45, 2.75) is 13.1 Å². The molecule has 0 amide bonds. The van der Waals surface area contributed by atoms with E-state index >= 15 is 0 Å². The van der Waals surface area contributed by atoms with Crippen molar-refractivity contribution in [2.75, 3.05) is 0 Å². The van der Waals surface area contributed by atoms with Gasteiger partial charge in [0.1, 0.15) is 0 Å². The van der Waals surface area contributed by atoms with Crippen molar-refractivity contribution in [3.63, 3.8) is 0 Å². The molecule has 0 spiro atoms. The number of hydrogen-bond acceptors (Lipinski definition) is 3. The Morgan fingerprint density at radius 3 is 2.41 bits per heavy atom. The van der Waals surface area contributed by atoms with Crippen molar-refractivity contribution in [1.29, 1.82) is 0 Å². The summed E-state index contributed by atoms with van der Waals surface area (Å²) in [5, 5.41) is 10.7. The highest BCUT2D eigenvalue weighted by atomic mass is 16.5. The molecule has 0 saturated carbocycles. The Morgan fingerprint density at radius 2 is 1.76 bits per heavy atom. The van der Waals surface area contributed by atoms with Crippen LogP contribution in [0.2, 0.25) is 0 Å². The van der Waals surface area contributed by atoms with Gasteiger partial charge >= 0.3 is 0 Å². The van der Waals surface area contributed by atoms with Gasteiger partial charge in [0, 0.05) is 13.1 Å². The lowest BCUT2D eigenvalue weighted by Gasteiger charge is -2.16. The van der Waals surface area contributed by atoms with Crippen molar-refractivity contribution >= 4 is 0 Å². The van der Waals surface area contributed by atoms with E-state index in [1.807, 2.05) is 54.0 Å². The lowest BCUT2D eigenvalue weighted by atomic mass is 9.95. The molecular weight excluding hydrogens is 212 g/mol. The van der Waals surface area contributed by atoms with Crippen molar-refractivity contribution in [3.8, 4) is 11.1 Å². The first-order valence-electron chi connectivity index (χ1n) is 5.58. The van der Waals surface area contributed by atoms with Crippen molar-refractivity contribution in [2.24, 2.45) is 5.73 Å². The molecule has 2 aromatic carbocycles. The molecule has 3 N–H and O–H groups in total. The van der Waals surface area contributed by atoms with Gasteiger partial charge in [-0.1, -0.05) is 48.5 Å². The van der Waals surface area contributed by atoms with Crippen LogP contribution >= 0.6 is 0 Å². The molecular formula is C14H15N2O-. The highest BCUT2D eigenvalue weighted by Gasteiger charge is 2.07. The fraction of sp³-hybridized carbons (Fsp3) is 0.143. The minimum Gasteiger partial charge on any atom is -0.788 e. The number of nitrogens with two attached hydrogens (primary N) is 1. The molecule has 0 aliphatic carbocycles. The summed E-state index contributed by atoms with van der Waals surface area (Å²) in [6, 6.07) is 16.0. The van der Waals surface area contributed by atoms with Crippen LogP contribution in [0.3, 0.4) is 0 Å². The minimum absolute atomic E-state index is 0.289. The first-order valence-corrected chi connectivity index (χ1v) is 5.58. The van der Waals surface area contributed by atoms with Gasteiger partial charge < -0.3 is 16.4 Å². The molecule has 88 valence electrons. The van der Waals surface area contributed by atoms with Crippen LogP contribution in [0.1, 0.15) is 11.1 Å². The molecule has 0 bridgehead atoms. The fourth-order valence-corrected chi connectivity index (χ4v) is 1.99. The van der Waals surface area contributed by atoms with Crippen LogP contribution in [0.15, 0.2) is 48.5 Å². The third kappa shape index (κ3) is 2.53. The Balaban J connectivity index is 2.53. The summed E-state index contributed by atoms with van der Waals surface area (Å²) < 4.78 is 0. The Hall–Kier alpha value is -1.68. The maximum Gasteiger partial charge on any atom is 0.0181 e. The van der Waals surface area contributed by atoms with Crippen LogP contribution in [0.4, 0.5) is 0 Å². The van der Waals surface area contributed by atoms with Gasteiger partial charge in [-0.15, -0.1) is 0 Å². The van der Waals surface area contributed by atoms with Crippen molar-refractivity contribution in [3.05, 3.63) is 64.9 Å². The van der Waals surface area contributed by atoms with E-state index in [1.54, 1.807) is 0 Å². The average Bonchev–Trinajstić information content (AvgIpc) is 2.40. The van der Waals surface area contributed by atoms with Gasteiger partial charge in [0.05, 0.1) is 0 Å². The van der Waals surface area contributed by atoms with Crippen LogP contribution < -0.4 is 11.2 Å². The first kappa shape index (κ1) is 11.8. The Morgan fingerprint density at radius 1 is 1.00 bits per heavy atom. The van der Waals surface area contributed by atoms with Gasteiger partial charge in [0.2, 0.25) is 0 Å². The predicted molar refractivity (Wildman–Crippen MR) is 70.0 cm³/mol. The fourth-order valence-electron chi connectivity index (χ4n) is 1.99. The Kier molecular flexibility index (Phi) is 3.88. The van der Waals surface area contributed by atoms with E-state index in [0.29, 0.717) is 6.54 Å². The number of hydrogen-bond donors (Lipinski definition) is 2. The maximum atomic E-state index is 10.7. The quantitative estimate of drug-likeness (QED) is 0.788. The summed E-state index contributed by atoms with van der Waals surface area (Å²) >= 11 is 0. The summed E-state index contributed by atoms with van der Waals surface area (Å²) in [6.45, 7) is 0.731. The van der Waals surface area contributed by atoms with E-state index in [0.717, 1.165) is 22.3 Å². The summed E-state index contributed by atoms with van der Waals surface area (Å²) in [7, 11) is 0. The number of rotatable bonds is 4.